The van der Waals surface area contributed by atoms with E-state index in [0.29, 0.717) is 0 Å². The fourth-order valence-corrected chi connectivity index (χ4v) is 2.38. The summed E-state index contributed by atoms with van der Waals surface area (Å²) in [6.45, 7) is 6.48. The molecular formula is C12H23N5. The summed E-state index contributed by atoms with van der Waals surface area (Å²) in [6, 6.07) is 0. The second kappa shape index (κ2) is 6.00. The molecule has 5 heteroatoms. The van der Waals surface area contributed by atoms with Gasteiger partial charge in [0.05, 0.1) is 6.20 Å². The summed E-state index contributed by atoms with van der Waals surface area (Å²) in [5, 5.41) is 11.3. The SMILES string of the molecule is CCn1nncc1NCCC1CCN(C)CC1. The molecule has 0 radical (unpaired) electrons. The Morgan fingerprint density at radius 2 is 2.18 bits per heavy atom. The number of nitrogens with one attached hydrogen (secondary N) is 1. The van der Waals surface area contributed by atoms with Crippen LogP contribution in [0.1, 0.15) is 26.2 Å². The lowest BCUT2D eigenvalue weighted by Gasteiger charge is -2.28. The highest BCUT2D eigenvalue weighted by atomic mass is 15.4. The molecule has 1 aromatic heterocycles. The van der Waals surface area contributed by atoms with Gasteiger partial charge in [-0.3, -0.25) is 0 Å². The lowest BCUT2D eigenvalue weighted by atomic mass is 9.94. The highest BCUT2D eigenvalue weighted by Crippen LogP contribution is 2.19. The number of rotatable bonds is 5. The molecule has 17 heavy (non-hydrogen) atoms. The zero-order valence-corrected chi connectivity index (χ0v) is 10.9. The zero-order valence-electron chi connectivity index (χ0n) is 10.9. The maximum Gasteiger partial charge on any atom is 0.144 e. The van der Waals surface area contributed by atoms with E-state index >= 15 is 0 Å². The Balaban J connectivity index is 1.69. The Hall–Kier alpha value is -1.10. The van der Waals surface area contributed by atoms with Crippen molar-refractivity contribution in [2.24, 2.45) is 5.92 Å². The van der Waals surface area contributed by atoms with Crippen LogP contribution < -0.4 is 5.32 Å². The van der Waals surface area contributed by atoms with Gasteiger partial charge >= 0.3 is 0 Å². The van der Waals surface area contributed by atoms with Crippen LogP contribution in [0.2, 0.25) is 0 Å². The van der Waals surface area contributed by atoms with Crippen molar-refractivity contribution in [3.05, 3.63) is 6.20 Å². The van der Waals surface area contributed by atoms with Crippen LogP contribution in [0, 0.1) is 5.92 Å². The Kier molecular flexibility index (Phi) is 4.36. The number of hydrogen-bond acceptors (Lipinski definition) is 4. The molecule has 0 amide bonds. The van der Waals surface area contributed by atoms with Gasteiger partial charge in [-0.25, -0.2) is 4.68 Å². The van der Waals surface area contributed by atoms with Gasteiger partial charge in [-0.2, -0.15) is 0 Å². The summed E-state index contributed by atoms with van der Waals surface area (Å²) >= 11 is 0. The van der Waals surface area contributed by atoms with Gasteiger partial charge in [0.1, 0.15) is 5.82 Å². The van der Waals surface area contributed by atoms with E-state index in [0.717, 1.165) is 24.8 Å². The average molecular weight is 237 g/mol. The second-order valence-electron chi connectivity index (χ2n) is 4.90. The summed E-state index contributed by atoms with van der Waals surface area (Å²) < 4.78 is 1.90. The van der Waals surface area contributed by atoms with Crippen molar-refractivity contribution in [2.45, 2.75) is 32.7 Å². The molecule has 0 aliphatic carbocycles. The fraction of sp³-hybridized carbons (Fsp3) is 0.833. The first kappa shape index (κ1) is 12.4. The molecule has 1 N–H and O–H groups in total. The Morgan fingerprint density at radius 3 is 2.88 bits per heavy atom. The fourth-order valence-electron chi connectivity index (χ4n) is 2.38. The van der Waals surface area contributed by atoms with Crippen molar-refractivity contribution in [1.29, 1.82) is 0 Å². The van der Waals surface area contributed by atoms with Crippen LogP contribution in [-0.4, -0.2) is 46.6 Å². The number of anilines is 1. The van der Waals surface area contributed by atoms with Crippen LogP contribution in [0.15, 0.2) is 6.20 Å². The van der Waals surface area contributed by atoms with Crippen LogP contribution in [0.25, 0.3) is 0 Å². The van der Waals surface area contributed by atoms with Crippen molar-refractivity contribution >= 4 is 5.82 Å². The summed E-state index contributed by atoms with van der Waals surface area (Å²) in [7, 11) is 2.21. The number of nitrogens with zero attached hydrogens (tertiary/aromatic N) is 4. The molecule has 1 aliphatic heterocycles. The maximum atomic E-state index is 4.01. The van der Waals surface area contributed by atoms with E-state index in [1.54, 1.807) is 6.20 Å². The number of likely N-dealkylation sites (tertiary alicyclic amines) is 1. The molecule has 0 atom stereocenters. The molecule has 1 aliphatic rings. The zero-order chi connectivity index (χ0) is 12.1. The van der Waals surface area contributed by atoms with Crippen molar-refractivity contribution in [1.82, 2.24) is 19.9 Å². The molecule has 2 rings (SSSR count). The molecule has 0 unspecified atom stereocenters. The monoisotopic (exact) mass is 237 g/mol. The molecule has 96 valence electrons. The van der Waals surface area contributed by atoms with Gasteiger partial charge in [-0.05, 0) is 52.2 Å². The lowest BCUT2D eigenvalue weighted by Crippen LogP contribution is -2.30. The molecule has 2 heterocycles. The van der Waals surface area contributed by atoms with Gasteiger partial charge in [0.2, 0.25) is 0 Å². The Morgan fingerprint density at radius 1 is 1.41 bits per heavy atom. The largest absolute Gasteiger partial charge is 0.369 e. The standard InChI is InChI=1S/C12H23N5/c1-3-17-12(10-14-15-17)13-7-4-11-5-8-16(2)9-6-11/h10-11,13H,3-9H2,1-2H3. The predicted molar refractivity (Wildman–Crippen MR) is 69.0 cm³/mol. The number of hydrogen-bond donors (Lipinski definition) is 1. The summed E-state index contributed by atoms with van der Waals surface area (Å²) in [5.41, 5.74) is 0. The topological polar surface area (TPSA) is 46.0 Å². The molecule has 0 bridgehead atoms. The van der Waals surface area contributed by atoms with E-state index in [4.69, 9.17) is 0 Å². The predicted octanol–water partition coefficient (Wildman–Crippen LogP) is 1.44. The van der Waals surface area contributed by atoms with Crippen LogP contribution in [-0.2, 0) is 6.54 Å². The third kappa shape index (κ3) is 3.43. The van der Waals surface area contributed by atoms with E-state index in [1.807, 2.05) is 4.68 Å². The first-order valence-electron chi connectivity index (χ1n) is 6.60. The van der Waals surface area contributed by atoms with Crippen LogP contribution in [0.3, 0.4) is 0 Å². The van der Waals surface area contributed by atoms with Crippen molar-refractivity contribution in [2.75, 3.05) is 32.0 Å². The van der Waals surface area contributed by atoms with Crippen LogP contribution in [0.5, 0.6) is 0 Å². The minimum absolute atomic E-state index is 0.872. The van der Waals surface area contributed by atoms with Crippen LogP contribution >= 0.6 is 0 Å². The summed E-state index contributed by atoms with van der Waals surface area (Å²) in [4.78, 5) is 2.42. The summed E-state index contributed by atoms with van der Waals surface area (Å²) in [6.07, 6.45) is 5.73. The van der Waals surface area contributed by atoms with E-state index in [-0.39, 0.29) is 0 Å². The van der Waals surface area contributed by atoms with Crippen molar-refractivity contribution in [3.8, 4) is 0 Å². The molecule has 1 fully saturated rings. The summed E-state index contributed by atoms with van der Waals surface area (Å²) in [5.74, 6) is 1.92. The van der Waals surface area contributed by atoms with Gasteiger partial charge in [-0.15, -0.1) is 5.10 Å². The minimum atomic E-state index is 0.872. The maximum absolute atomic E-state index is 4.01. The first-order chi connectivity index (χ1) is 8.29. The normalized spacial score (nSPS) is 18.5. The van der Waals surface area contributed by atoms with E-state index in [9.17, 15) is 0 Å². The average Bonchev–Trinajstić information content (AvgIpc) is 2.79. The smallest absolute Gasteiger partial charge is 0.144 e. The molecule has 0 aromatic carbocycles. The van der Waals surface area contributed by atoms with E-state index in [2.05, 4.69) is 34.5 Å². The molecule has 0 spiro atoms. The first-order valence-corrected chi connectivity index (χ1v) is 6.60. The van der Waals surface area contributed by atoms with E-state index < -0.39 is 0 Å². The van der Waals surface area contributed by atoms with Crippen molar-refractivity contribution < 1.29 is 0 Å². The number of aryl methyl sites for hydroxylation is 1. The second-order valence-corrected chi connectivity index (χ2v) is 4.90. The van der Waals surface area contributed by atoms with E-state index in [1.165, 1.54) is 32.4 Å². The molecular weight excluding hydrogens is 214 g/mol. The third-order valence-electron chi connectivity index (χ3n) is 3.61. The molecule has 5 nitrogen and oxygen atoms in total. The number of aromatic nitrogens is 3. The van der Waals surface area contributed by atoms with Crippen molar-refractivity contribution in [3.63, 3.8) is 0 Å². The van der Waals surface area contributed by atoms with Crippen LogP contribution in [0.4, 0.5) is 5.82 Å². The van der Waals surface area contributed by atoms with Gasteiger partial charge in [0, 0.05) is 13.1 Å². The quantitative estimate of drug-likeness (QED) is 0.842. The lowest BCUT2D eigenvalue weighted by molar-refractivity contribution is 0.215. The molecule has 1 saturated heterocycles. The van der Waals surface area contributed by atoms with Gasteiger partial charge in [0.25, 0.3) is 0 Å². The Bertz CT molecular complexity index is 327. The van der Waals surface area contributed by atoms with Gasteiger partial charge in [0.15, 0.2) is 0 Å². The Labute approximate surface area is 103 Å². The molecule has 1 aromatic rings. The third-order valence-corrected chi connectivity index (χ3v) is 3.61. The highest BCUT2D eigenvalue weighted by molar-refractivity contribution is 5.30. The number of piperidine rings is 1. The van der Waals surface area contributed by atoms with Gasteiger partial charge < -0.3 is 10.2 Å². The van der Waals surface area contributed by atoms with Gasteiger partial charge in [-0.1, -0.05) is 5.21 Å². The minimum Gasteiger partial charge on any atom is -0.369 e. The molecule has 0 saturated carbocycles. The highest BCUT2D eigenvalue weighted by Gasteiger charge is 2.16.